The van der Waals surface area contributed by atoms with Crippen LogP contribution in [0.3, 0.4) is 0 Å². The predicted octanol–water partition coefficient (Wildman–Crippen LogP) is 2.51. The van der Waals surface area contributed by atoms with Crippen LogP contribution in [0.2, 0.25) is 0 Å². The van der Waals surface area contributed by atoms with Gasteiger partial charge in [0, 0.05) is 30.6 Å². The zero-order valence-electron chi connectivity index (χ0n) is 10.4. The number of benzene rings is 1. The van der Waals surface area contributed by atoms with E-state index < -0.39 is 0 Å². The summed E-state index contributed by atoms with van der Waals surface area (Å²) in [6.45, 7) is 5.87. The zero-order chi connectivity index (χ0) is 12.1. The van der Waals surface area contributed by atoms with E-state index in [0.29, 0.717) is 0 Å². The highest BCUT2D eigenvalue weighted by molar-refractivity contribution is 8.00. The molecule has 0 bridgehead atoms. The maximum atomic E-state index is 9.00. The van der Waals surface area contributed by atoms with E-state index in [9.17, 15) is 0 Å². The van der Waals surface area contributed by atoms with E-state index in [4.69, 9.17) is 5.11 Å². The van der Waals surface area contributed by atoms with Gasteiger partial charge in [-0.3, -0.25) is 4.90 Å². The van der Waals surface area contributed by atoms with Gasteiger partial charge in [0.15, 0.2) is 0 Å². The van der Waals surface area contributed by atoms with Crippen molar-refractivity contribution >= 4 is 11.8 Å². The maximum absolute atomic E-state index is 9.00. The largest absolute Gasteiger partial charge is 0.392 e. The molecule has 1 aromatic rings. The first-order chi connectivity index (χ1) is 8.31. The minimum atomic E-state index is 0.137. The molecule has 3 heteroatoms. The van der Waals surface area contributed by atoms with Crippen LogP contribution in [0.25, 0.3) is 0 Å². The fourth-order valence-corrected chi connectivity index (χ4v) is 3.43. The minimum Gasteiger partial charge on any atom is -0.392 e. The molecule has 94 valence electrons. The lowest BCUT2D eigenvalue weighted by Gasteiger charge is -2.31. The number of nitrogens with zero attached hydrogens (tertiary/aromatic N) is 1. The Kier molecular flexibility index (Phi) is 4.89. The third-order valence-corrected chi connectivity index (χ3v) is 4.66. The van der Waals surface area contributed by atoms with Gasteiger partial charge in [0.05, 0.1) is 6.61 Å². The topological polar surface area (TPSA) is 23.5 Å². The van der Waals surface area contributed by atoms with E-state index in [1.807, 2.05) is 12.1 Å². The fourth-order valence-electron chi connectivity index (χ4n) is 2.18. The van der Waals surface area contributed by atoms with Gasteiger partial charge in [-0.05, 0) is 17.5 Å². The third kappa shape index (κ3) is 3.73. The lowest BCUT2D eigenvalue weighted by Crippen LogP contribution is -2.36. The van der Waals surface area contributed by atoms with E-state index in [-0.39, 0.29) is 6.61 Å². The highest BCUT2D eigenvalue weighted by atomic mass is 32.2. The average molecular weight is 251 g/mol. The Morgan fingerprint density at radius 3 is 2.65 bits per heavy atom. The van der Waals surface area contributed by atoms with Crippen LogP contribution in [0.4, 0.5) is 0 Å². The SMILES string of the molecule is CCC1CN(Cc2ccc(CO)cc2)CCS1. The van der Waals surface area contributed by atoms with Crippen molar-refractivity contribution in [2.24, 2.45) is 0 Å². The van der Waals surface area contributed by atoms with Crippen LogP contribution in [0.15, 0.2) is 24.3 Å². The molecule has 1 aliphatic rings. The number of aliphatic hydroxyl groups is 1. The van der Waals surface area contributed by atoms with Crippen molar-refractivity contribution in [3.05, 3.63) is 35.4 Å². The van der Waals surface area contributed by atoms with Gasteiger partial charge in [0.1, 0.15) is 0 Å². The van der Waals surface area contributed by atoms with E-state index in [1.165, 1.54) is 30.8 Å². The molecule has 2 rings (SSSR count). The summed E-state index contributed by atoms with van der Waals surface area (Å²) >= 11 is 2.11. The molecule has 1 aromatic carbocycles. The van der Waals surface area contributed by atoms with Gasteiger partial charge in [-0.1, -0.05) is 31.2 Å². The van der Waals surface area contributed by atoms with Gasteiger partial charge in [0.2, 0.25) is 0 Å². The molecule has 0 aromatic heterocycles. The summed E-state index contributed by atoms with van der Waals surface area (Å²) in [5.74, 6) is 1.26. The Balaban J connectivity index is 1.90. The molecular weight excluding hydrogens is 230 g/mol. The van der Waals surface area contributed by atoms with Gasteiger partial charge in [0.25, 0.3) is 0 Å². The number of aliphatic hydroxyl groups excluding tert-OH is 1. The van der Waals surface area contributed by atoms with Crippen molar-refractivity contribution < 1.29 is 5.11 Å². The molecule has 17 heavy (non-hydrogen) atoms. The summed E-state index contributed by atoms with van der Waals surface area (Å²) in [5.41, 5.74) is 2.35. The van der Waals surface area contributed by atoms with Crippen molar-refractivity contribution in [3.8, 4) is 0 Å². The Labute approximate surface area is 108 Å². The molecule has 0 aliphatic carbocycles. The molecule has 1 aliphatic heterocycles. The van der Waals surface area contributed by atoms with Crippen molar-refractivity contribution in [2.75, 3.05) is 18.8 Å². The van der Waals surface area contributed by atoms with E-state index in [1.54, 1.807) is 0 Å². The van der Waals surface area contributed by atoms with E-state index >= 15 is 0 Å². The molecule has 0 saturated carbocycles. The maximum Gasteiger partial charge on any atom is 0.0681 e. The van der Waals surface area contributed by atoms with Crippen molar-refractivity contribution in [3.63, 3.8) is 0 Å². The van der Waals surface area contributed by atoms with E-state index in [0.717, 1.165) is 17.4 Å². The second-order valence-electron chi connectivity index (χ2n) is 4.61. The number of hydrogen-bond acceptors (Lipinski definition) is 3. The standard InChI is InChI=1S/C14H21NOS/c1-2-14-10-15(7-8-17-14)9-12-3-5-13(11-16)6-4-12/h3-6,14,16H,2,7-11H2,1H3. The predicted molar refractivity (Wildman–Crippen MR) is 74.2 cm³/mol. The molecule has 0 radical (unpaired) electrons. The molecule has 1 atom stereocenters. The molecule has 0 spiro atoms. The summed E-state index contributed by atoms with van der Waals surface area (Å²) in [6, 6.07) is 8.30. The summed E-state index contributed by atoms with van der Waals surface area (Å²) in [6.07, 6.45) is 1.27. The highest BCUT2D eigenvalue weighted by Crippen LogP contribution is 2.22. The summed E-state index contributed by atoms with van der Waals surface area (Å²) < 4.78 is 0. The smallest absolute Gasteiger partial charge is 0.0681 e. The van der Waals surface area contributed by atoms with Crippen LogP contribution in [0.5, 0.6) is 0 Å². The second kappa shape index (κ2) is 6.43. The first-order valence-corrected chi connectivity index (χ1v) is 7.39. The first kappa shape index (κ1) is 12.9. The normalized spacial score (nSPS) is 21.6. The molecule has 1 heterocycles. The molecule has 0 amide bonds. The minimum absolute atomic E-state index is 0.137. The van der Waals surface area contributed by atoms with Gasteiger partial charge in [-0.25, -0.2) is 0 Å². The highest BCUT2D eigenvalue weighted by Gasteiger charge is 2.18. The van der Waals surface area contributed by atoms with Crippen molar-refractivity contribution in [1.82, 2.24) is 4.90 Å². The number of thioether (sulfide) groups is 1. The number of rotatable bonds is 4. The van der Waals surface area contributed by atoms with Crippen LogP contribution in [0.1, 0.15) is 24.5 Å². The second-order valence-corrected chi connectivity index (χ2v) is 6.02. The lowest BCUT2D eigenvalue weighted by molar-refractivity contribution is 0.272. The molecular formula is C14H21NOS. The quantitative estimate of drug-likeness (QED) is 0.889. The Hall–Kier alpha value is -0.510. The Morgan fingerprint density at radius 1 is 1.29 bits per heavy atom. The molecule has 2 nitrogen and oxygen atoms in total. The van der Waals surface area contributed by atoms with Crippen molar-refractivity contribution in [2.45, 2.75) is 31.7 Å². The summed E-state index contributed by atoms with van der Waals surface area (Å²) in [4.78, 5) is 2.54. The summed E-state index contributed by atoms with van der Waals surface area (Å²) in [7, 11) is 0. The zero-order valence-corrected chi connectivity index (χ0v) is 11.2. The van der Waals surface area contributed by atoms with Crippen LogP contribution in [0, 0.1) is 0 Å². The van der Waals surface area contributed by atoms with Crippen LogP contribution >= 0.6 is 11.8 Å². The molecule has 1 fully saturated rings. The average Bonchev–Trinajstić information content (AvgIpc) is 2.40. The fraction of sp³-hybridized carbons (Fsp3) is 0.571. The summed E-state index contributed by atoms with van der Waals surface area (Å²) in [5, 5.41) is 9.81. The lowest BCUT2D eigenvalue weighted by atomic mass is 10.1. The van der Waals surface area contributed by atoms with Gasteiger partial charge < -0.3 is 5.11 Å². The van der Waals surface area contributed by atoms with Crippen LogP contribution in [-0.2, 0) is 13.2 Å². The molecule has 1 N–H and O–H groups in total. The Morgan fingerprint density at radius 2 is 2.00 bits per heavy atom. The monoisotopic (exact) mass is 251 g/mol. The molecule has 1 unspecified atom stereocenters. The molecule has 1 saturated heterocycles. The van der Waals surface area contributed by atoms with Crippen LogP contribution in [-0.4, -0.2) is 34.1 Å². The number of hydrogen-bond donors (Lipinski definition) is 1. The van der Waals surface area contributed by atoms with Gasteiger partial charge in [-0.2, -0.15) is 11.8 Å². The first-order valence-electron chi connectivity index (χ1n) is 6.34. The van der Waals surface area contributed by atoms with Gasteiger partial charge >= 0.3 is 0 Å². The third-order valence-electron chi connectivity index (χ3n) is 3.29. The van der Waals surface area contributed by atoms with E-state index in [2.05, 4.69) is 35.7 Å². The van der Waals surface area contributed by atoms with Gasteiger partial charge in [-0.15, -0.1) is 0 Å². The van der Waals surface area contributed by atoms with Crippen molar-refractivity contribution in [1.29, 1.82) is 0 Å². The van der Waals surface area contributed by atoms with Crippen LogP contribution < -0.4 is 0 Å². The Bertz CT molecular complexity index is 339.